The predicted molar refractivity (Wildman–Crippen MR) is 221 cm³/mol. The highest BCUT2D eigenvalue weighted by molar-refractivity contribution is 5.70. The number of carbonyl (C=O) groups is 2. The summed E-state index contributed by atoms with van der Waals surface area (Å²) in [7, 11) is 0. The van der Waals surface area contributed by atoms with Crippen molar-refractivity contribution < 1.29 is 19.1 Å². The Morgan fingerprint density at radius 2 is 0.846 bits per heavy atom. The van der Waals surface area contributed by atoms with E-state index in [9.17, 15) is 9.59 Å². The van der Waals surface area contributed by atoms with Gasteiger partial charge in [0, 0.05) is 0 Å². The summed E-state index contributed by atoms with van der Waals surface area (Å²) in [6.07, 6.45) is 21.3. The first-order valence-corrected chi connectivity index (χ1v) is 21.1. The zero-order chi connectivity index (χ0) is 39.2. The molecule has 2 amide bonds. The Labute approximate surface area is 320 Å². The van der Waals surface area contributed by atoms with Crippen LogP contribution in [0, 0.1) is 23.7 Å². The molecule has 0 bridgehead atoms. The zero-order valence-electron chi connectivity index (χ0n) is 35.7. The van der Waals surface area contributed by atoms with E-state index in [2.05, 4.69) is 66.0 Å². The molecule has 6 heteroatoms. The van der Waals surface area contributed by atoms with Gasteiger partial charge in [0.25, 0.3) is 0 Å². The average Bonchev–Trinajstić information content (AvgIpc) is 3.08. The fraction of sp³-hybridized carbons (Fsp3) is 0.739. The molecule has 4 atom stereocenters. The molecule has 298 valence electrons. The zero-order valence-corrected chi connectivity index (χ0v) is 35.7. The van der Waals surface area contributed by atoms with Crippen molar-refractivity contribution in [2.24, 2.45) is 23.7 Å². The van der Waals surface area contributed by atoms with Crippen molar-refractivity contribution in [2.45, 2.75) is 197 Å². The van der Waals surface area contributed by atoms with E-state index in [4.69, 9.17) is 9.47 Å². The lowest BCUT2D eigenvalue weighted by Crippen LogP contribution is -2.43. The highest BCUT2D eigenvalue weighted by Gasteiger charge is 2.29. The lowest BCUT2D eigenvalue weighted by Gasteiger charge is -2.30. The Kier molecular flexibility index (Phi) is 23.0. The molecule has 0 aliphatic heterocycles. The number of carbonyl (C=O) groups excluding carboxylic acids is 2. The van der Waals surface area contributed by atoms with Gasteiger partial charge in [0.2, 0.25) is 0 Å². The van der Waals surface area contributed by atoms with Crippen molar-refractivity contribution in [3.05, 3.63) is 59.1 Å². The predicted octanol–water partition coefficient (Wildman–Crippen LogP) is 14.2. The van der Waals surface area contributed by atoms with Gasteiger partial charge in [-0.1, -0.05) is 157 Å². The van der Waals surface area contributed by atoms with Gasteiger partial charge < -0.3 is 20.1 Å². The molecular formula is C46H80N2O4. The molecule has 0 aliphatic carbocycles. The third-order valence-corrected chi connectivity index (χ3v) is 11.0. The Morgan fingerprint density at radius 1 is 0.558 bits per heavy atom. The van der Waals surface area contributed by atoms with Crippen LogP contribution in [0.25, 0.3) is 0 Å². The van der Waals surface area contributed by atoms with E-state index >= 15 is 0 Å². The van der Waals surface area contributed by atoms with Crippen molar-refractivity contribution in [3.8, 4) is 0 Å². The van der Waals surface area contributed by atoms with Crippen LogP contribution in [0.2, 0.25) is 0 Å². The molecule has 0 saturated carbocycles. The van der Waals surface area contributed by atoms with Gasteiger partial charge in [0.05, 0.1) is 23.6 Å². The summed E-state index contributed by atoms with van der Waals surface area (Å²) >= 11 is 0. The number of allylic oxidation sites excluding steroid dienone is 2. The number of rotatable bonds is 26. The van der Waals surface area contributed by atoms with E-state index in [1.807, 2.05) is 52.0 Å². The van der Waals surface area contributed by atoms with Gasteiger partial charge in [-0.05, 0) is 99.3 Å². The Bertz CT molecular complexity index is 1090. The van der Waals surface area contributed by atoms with Gasteiger partial charge in [-0.2, -0.15) is 0 Å². The van der Waals surface area contributed by atoms with E-state index in [0.29, 0.717) is 23.7 Å². The highest BCUT2D eigenvalue weighted by atomic mass is 16.5. The van der Waals surface area contributed by atoms with Crippen LogP contribution in [0.3, 0.4) is 0 Å². The van der Waals surface area contributed by atoms with Crippen molar-refractivity contribution in [3.63, 3.8) is 0 Å². The number of alkyl carbamates (subject to hydrolysis) is 2. The maximum Gasteiger partial charge on any atom is 0.412 e. The number of ether oxygens (including phenoxy) is 2. The van der Waals surface area contributed by atoms with E-state index in [1.54, 1.807) is 12.5 Å². The number of hydrogen-bond donors (Lipinski definition) is 2. The lowest BCUT2D eigenvalue weighted by molar-refractivity contribution is 0.171. The summed E-state index contributed by atoms with van der Waals surface area (Å²) in [6, 6.07) is 8.01. The summed E-state index contributed by atoms with van der Waals surface area (Å²) in [6.45, 7) is 25.9. The second kappa shape index (κ2) is 25.3. The van der Waals surface area contributed by atoms with Crippen LogP contribution < -0.4 is 10.6 Å². The monoisotopic (exact) mass is 725 g/mol. The molecule has 0 heterocycles. The number of hydrogen-bond acceptors (Lipinski definition) is 4. The third kappa shape index (κ3) is 17.8. The molecule has 52 heavy (non-hydrogen) atoms. The molecule has 0 aromatic heterocycles. The summed E-state index contributed by atoms with van der Waals surface area (Å²) in [4.78, 5) is 26.5. The largest absolute Gasteiger partial charge is 0.418 e. The first-order chi connectivity index (χ1) is 24.6. The number of nitrogens with one attached hydrogen (secondary N) is 2. The van der Waals surface area contributed by atoms with Gasteiger partial charge in [-0.25, -0.2) is 9.59 Å². The lowest BCUT2D eigenvalue weighted by atomic mass is 9.85. The molecule has 1 aromatic carbocycles. The molecule has 0 aliphatic rings. The minimum absolute atomic E-state index is 0.368. The van der Waals surface area contributed by atoms with Gasteiger partial charge in [0.15, 0.2) is 0 Å². The minimum atomic E-state index is -0.712. The highest BCUT2D eigenvalue weighted by Crippen LogP contribution is 2.31. The van der Waals surface area contributed by atoms with E-state index in [-0.39, 0.29) is 0 Å². The third-order valence-electron chi connectivity index (χ3n) is 11.0. The molecule has 1 rings (SSSR count). The van der Waals surface area contributed by atoms with Gasteiger partial charge >= 0.3 is 12.2 Å². The van der Waals surface area contributed by atoms with Crippen LogP contribution in [0.15, 0.2) is 47.9 Å². The first kappa shape index (κ1) is 47.3. The Hall–Kier alpha value is -2.76. The summed E-state index contributed by atoms with van der Waals surface area (Å²) in [5, 5.41) is 6.19. The standard InChI is InChI=1S/C46H80N2O4/c1-13-17-21-26-35(5)41(36(6)27-22-18-14-2)33-51-43(49)47-45(9,10)39-30-25-31-40(32-39)46(11,12)48-44(50)52-34-42(37(7)28-23-19-15-3)38(8)29-24-20-16-4/h25,30-38H,13-24,26-29H2,1-12H3,(H,47,49)(H,48,50). The van der Waals surface area contributed by atoms with Gasteiger partial charge in [0.1, 0.15) is 0 Å². The maximum absolute atomic E-state index is 13.2. The van der Waals surface area contributed by atoms with Gasteiger partial charge in [-0.15, -0.1) is 0 Å². The Morgan fingerprint density at radius 3 is 1.12 bits per heavy atom. The van der Waals surface area contributed by atoms with Crippen molar-refractivity contribution in [1.29, 1.82) is 0 Å². The fourth-order valence-corrected chi connectivity index (χ4v) is 7.16. The molecule has 2 N–H and O–H groups in total. The number of amides is 2. The minimum Gasteiger partial charge on any atom is -0.418 e. The topological polar surface area (TPSA) is 76.7 Å². The van der Waals surface area contributed by atoms with Crippen LogP contribution in [0.5, 0.6) is 0 Å². The molecule has 6 nitrogen and oxygen atoms in total. The normalized spacial score (nSPS) is 14.1. The fourth-order valence-electron chi connectivity index (χ4n) is 7.16. The van der Waals surface area contributed by atoms with Crippen LogP contribution in [-0.2, 0) is 20.6 Å². The van der Waals surface area contributed by atoms with Crippen LogP contribution in [0.1, 0.15) is 197 Å². The number of benzene rings is 1. The molecular weight excluding hydrogens is 645 g/mol. The molecule has 1 aromatic rings. The first-order valence-electron chi connectivity index (χ1n) is 21.1. The maximum atomic E-state index is 13.2. The Balaban J connectivity index is 3.08. The molecule has 0 fully saturated rings. The molecule has 0 spiro atoms. The SMILES string of the molecule is CCCCCC(C)C(=COC(=O)NC(C)(C)c1cccc(C(C)(C)NC(=O)OC=C(C(C)CCCCC)C(C)CCCCC)c1)C(C)CCCCC. The molecule has 0 saturated heterocycles. The van der Waals surface area contributed by atoms with Gasteiger partial charge in [-0.3, -0.25) is 0 Å². The smallest absolute Gasteiger partial charge is 0.412 e. The quantitative estimate of drug-likeness (QED) is 0.0736. The molecule has 4 unspecified atom stereocenters. The van der Waals surface area contributed by atoms with E-state index in [0.717, 1.165) is 36.8 Å². The van der Waals surface area contributed by atoms with Crippen LogP contribution in [0.4, 0.5) is 9.59 Å². The van der Waals surface area contributed by atoms with E-state index < -0.39 is 23.3 Å². The van der Waals surface area contributed by atoms with Crippen molar-refractivity contribution >= 4 is 12.2 Å². The summed E-state index contributed by atoms with van der Waals surface area (Å²) in [5.41, 5.74) is 2.85. The van der Waals surface area contributed by atoms with Crippen LogP contribution >= 0.6 is 0 Å². The van der Waals surface area contributed by atoms with Crippen molar-refractivity contribution in [2.75, 3.05) is 0 Å². The second-order valence-electron chi connectivity index (χ2n) is 16.7. The average molecular weight is 725 g/mol. The number of unbranched alkanes of at least 4 members (excludes halogenated alkanes) is 8. The van der Waals surface area contributed by atoms with E-state index in [1.165, 1.54) is 88.2 Å². The summed E-state index contributed by atoms with van der Waals surface area (Å²) in [5.74, 6) is 1.47. The van der Waals surface area contributed by atoms with Crippen LogP contribution in [-0.4, -0.2) is 12.2 Å². The molecule has 0 radical (unpaired) electrons. The second-order valence-corrected chi connectivity index (χ2v) is 16.7. The van der Waals surface area contributed by atoms with Crippen molar-refractivity contribution in [1.82, 2.24) is 10.6 Å². The summed E-state index contributed by atoms with van der Waals surface area (Å²) < 4.78 is 11.6.